The maximum absolute atomic E-state index is 11.6. The van der Waals surface area contributed by atoms with Crippen LogP contribution in [0.3, 0.4) is 0 Å². The topological polar surface area (TPSA) is 50.4 Å². The molecule has 0 saturated carbocycles. The van der Waals surface area contributed by atoms with Crippen LogP contribution in [-0.4, -0.2) is 37.2 Å². The molecule has 2 atom stereocenters. The average Bonchev–Trinajstić information content (AvgIpc) is 2.21. The molecule has 1 rings (SSSR count). The summed E-state index contributed by atoms with van der Waals surface area (Å²) in [5.74, 6) is 0.133. The number of carbonyl (C=O) groups is 1. The fraction of sp³-hybridized carbons (Fsp3) is 0.917. The summed E-state index contributed by atoms with van der Waals surface area (Å²) in [6.45, 7) is 7.04. The van der Waals surface area contributed by atoms with Crippen molar-refractivity contribution in [1.29, 1.82) is 0 Å². The van der Waals surface area contributed by atoms with Crippen molar-refractivity contribution in [2.45, 2.75) is 57.7 Å². The maximum atomic E-state index is 11.6. The third-order valence-corrected chi connectivity index (χ3v) is 3.12. The van der Waals surface area contributed by atoms with Crippen molar-refractivity contribution in [1.82, 2.24) is 10.6 Å². The van der Waals surface area contributed by atoms with Crippen LogP contribution in [0.15, 0.2) is 0 Å². The van der Waals surface area contributed by atoms with Crippen molar-refractivity contribution in [2.75, 3.05) is 13.7 Å². The molecule has 0 bridgehead atoms. The quantitative estimate of drug-likeness (QED) is 0.739. The Hall–Kier alpha value is -0.610. The lowest BCUT2D eigenvalue weighted by molar-refractivity contribution is -0.124. The van der Waals surface area contributed by atoms with Gasteiger partial charge >= 0.3 is 0 Å². The van der Waals surface area contributed by atoms with Crippen LogP contribution in [0.25, 0.3) is 0 Å². The van der Waals surface area contributed by atoms with Crippen molar-refractivity contribution >= 4 is 5.91 Å². The molecule has 1 aliphatic heterocycles. The fourth-order valence-electron chi connectivity index (χ4n) is 2.15. The molecule has 2 N–H and O–H groups in total. The molecule has 1 amide bonds. The second-order valence-electron chi connectivity index (χ2n) is 5.22. The average molecular weight is 228 g/mol. The minimum Gasteiger partial charge on any atom is -0.379 e. The second kappa shape index (κ2) is 5.64. The Labute approximate surface area is 98.1 Å². The van der Waals surface area contributed by atoms with Crippen molar-refractivity contribution in [2.24, 2.45) is 0 Å². The van der Waals surface area contributed by atoms with Crippen LogP contribution in [-0.2, 0) is 9.53 Å². The second-order valence-corrected chi connectivity index (χ2v) is 5.22. The van der Waals surface area contributed by atoms with Crippen molar-refractivity contribution in [3.8, 4) is 0 Å². The number of nitrogens with one attached hydrogen (secondary N) is 2. The van der Waals surface area contributed by atoms with E-state index in [-0.39, 0.29) is 23.6 Å². The minimum atomic E-state index is -0.141. The van der Waals surface area contributed by atoms with Gasteiger partial charge in [-0.2, -0.15) is 0 Å². The standard InChI is InChI=1S/C12H24N2O2/c1-9(8-12(2,3)16-4)14-10-6-5-7-13-11(10)15/h9-10,14H,5-8H2,1-4H3,(H,13,15). The number of methoxy groups -OCH3 is 1. The molecule has 16 heavy (non-hydrogen) atoms. The molecular weight excluding hydrogens is 204 g/mol. The molecule has 1 saturated heterocycles. The van der Waals surface area contributed by atoms with E-state index in [0.29, 0.717) is 0 Å². The molecule has 4 heteroatoms. The summed E-state index contributed by atoms with van der Waals surface area (Å²) in [5, 5.41) is 6.25. The third kappa shape index (κ3) is 4.10. The van der Waals surface area contributed by atoms with E-state index in [9.17, 15) is 4.79 Å². The lowest BCUT2D eigenvalue weighted by Crippen LogP contribution is -2.52. The highest BCUT2D eigenvalue weighted by Gasteiger charge is 2.26. The lowest BCUT2D eigenvalue weighted by Gasteiger charge is -2.31. The number of carbonyl (C=O) groups excluding carboxylic acids is 1. The smallest absolute Gasteiger partial charge is 0.237 e. The SMILES string of the molecule is COC(C)(C)CC(C)NC1CCCNC1=O. The Morgan fingerprint density at radius 2 is 2.31 bits per heavy atom. The summed E-state index contributed by atoms with van der Waals surface area (Å²) in [7, 11) is 1.72. The van der Waals surface area contributed by atoms with E-state index in [4.69, 9.17) is 4.74 Å². The number of hydrogen-bond donors (Lipinski definition) is 2. The van der Waals surface area contributed by atoms with E-state index in [1.165, 1.54) is 0 Å². The summed E-state index contributed by atoms with van der Waals surface area (Å²) in [6, 6.07) is 0.250. The van der Waals surface area contributed by atoms with Gasteiger partial charge in [-0.3, -0.25) is 4.79 Å². The van der Waals surface area contributed by atoms with Gasteiger partial charge in [-0.25, -0.2) is 0 Å². The normalized spacial score (nSPS) is 24.0. The van der Waals surface area contributed by atoms with Crippen molar-refractivity contribution in [3.05, 3.63) is 0 Å². The van der Waals surface area contributed by atoms with Gasteiger partial charge in [-0.05, 0) is 40.0 Å². The van der Waals surface area contributed by atoms with Crippen LogP contribution in [0.5, 0.6) is 0 Å². The molecular formula is C12H24N2O2. The zero-order chi connectivity index (χ0) is 12.2. The van der Waals surface area contributed by atoms with Crippen LogP contribution in [0, 0.1) is 0 Å². The number of amides is 1. The van der Waals surface area contributed by atoms with Crippen LogP contribution < -0.4 is 10.6 Å². The maximum Gasteiger partial charge on any atom is 0.237 e. The van der Waals surface area contributed by atoms with Crippen LogP contribution >= 0.6 is 0 Å². The molecule has 1 heterocycles. The number of rotatable bonds is 5. The first-order valence-electron chi connectivity index (χ1n) is 6.03. The van der Waals surface area contributed by atoms with Gasteiger partial charge in [0.05, 0.1) is 11.6 Å². The largest absolute Gasteiger partial charge is 0.379 e. The highest BCUT2D eigenvalue weighted by Crippen LogP contribution is 2.16. The van der Waals surface area contributed by atoms with Gasteiger partial charge in [0.1, 0.15) is 0 Å². The predicted octanol–water partition coefficient (Wildman–Crippen LogP) is 1.06. The van der Waals surface area contributed by atoms with Gasteiger partial charge in [0.2, 0.25) is 5.91 Å². The van der Waals surface area contributed by atoms with Gasteiger partial charge in [-0.15, -0.1) is 0 Å². The van der Waals surface area contributed by atoms with Crippen LogP contribution in [0.1, 0.15) is 40.0 Å². The monoisotopic (exact) mass is 228 g/mol. The van der Waals surface area contributed by atoms with Crippen molar-refractivity contribution < 1.29 is 9.53 Å². The Morgan fingerprint density at radius 3 is 2.88 bits per heavy atom. The lowest BCUT2D eigenvalue weighted by atomic mass is 9.98. The summed E-state index contributed by atoms with van der Waals surface area (Å²) < 4.78 is 5.38. The molecule has 0 aliphatic carbocycles. The van der Waals surface area contributed by atoms with Gasteiger partial charge in [0.15, 0.2) is 0 Å². The summed E-state index contributed by atoms with van der Waals surface area (Å²) >= 11 is 0. The molecule has 0 aromatic heterocycles. The van der Waals surface area contributed by atoms with Gasteiger partial charge in [0.25, 0.3) is 0 Å². The first-order chi connectivity index (χ1) is 7.44. The molecule has 0 aromatic carbocycles. The summed E-state index contributed by atoms with van der Waals surface area (Å²) in [5.41, 5.74) is -0.141. The Balaban J connectivity index is 2.38. The van der Waals surface area contributed by atoms with E-state index in [1.54, 1.807) is 7.11 Å². The van der Waals surface area contributed by atoms with E-state index in [0.717, 1.165) is 25.8 Å². The van der Waals surface area contributed by atoms with E-state index < -0.39 is 0 Å². The van der Waals surface area contributed by atoms with Crippen LogP contribution in [0.4, 0.5) is 0 Å². The summed E-state index contributed by atoms with van der Waals surface area (Å²) in [4.78, 5) is 11.6. The predicted molar refractivity (Wildman–Crippen MR) is 64.3 cm³/mol. The van der Waals surface area contributed by atoms with E-state index in [2.05, 4.69) is 31.4 Å². The number of hydrogen-bond acceptors (Lipinski definition) is 3. The molecule has 1 aliphatic rings. The Kier molecular flexibility index (Phi) is 4.74. The fourth-order valence-corrected chi connectivity index (χ4v) is 2.15. The summed E-state index contributed by atoms with van der Waals surface area (Å²) in [6.07, 6.45) is 2.89. The molecule has 4 nitrogen and oxygen atoms in total. The molecule has 0 spiro atoms. The van der Waals surface area contributed by atoms with Crippen LogP contribution in [0.2, 0.25) is 0 Å². The highest BCUT2D eigenvalue weighted by atomic mass is 16.5. The van der Waals surface area contributed by atoms with E-state index in [1.807, 2.05) is 0 Å². The van der Waals surface area contributed by atoms with Gasteiger partial charge < -0.3 is 15.4 Å². The first kappa shape index (κ1) is 13.5. The Bertz CT molecular complexity index is 241. The zero-order valence-corrected chi connectivity index (χ0v) is 10.8. The third-order valence-electron chi connectivity index (χ3n) is 3.12. The number of piperidine rings is 1. The van der Waals surface area contributed by atoms with Gasteiger partial charge in [0, 0.05) is 19.7 Å². The Morgan fingerprint density at radius 1 is 1.62 bits per heavy atom. The molecule has 94 valence electrons. The van der Waals surface area contributed by atoms with Gasteiger partial charge in [-0.1, -0.05) is 0 Å². The minimum absolute atomic E-state index is 0.0311. The highest BCUT2D eigenvalue weighted by molar-refractivity contribution is 5.82. The molecule has 2 unspecified atom stereocenters. The number of ether oxygens (including phenoxy) is 1. The molecule has 0 aromatic rings. The molecule has 0 radical (unpaired) electrons. The van der Waals surface area contributed by atoms with E-state index >= 15 is 0 Å². The van der Waals surface area contributed by atoms with Crippen molar-refractivity contribution in [3.63, 3.8) is 0 Å². The molecule has 1 fully saturated rings. The first-order valence-corrected chi connectivity index (χ1v) is 6.03. The zero-order valence-electron chi connectivity index (χ0n) is 10.8.